The van der Waals surface area contributed by atoms with Crippen LogP contribution in [-0.4, -0.2) is 29.1 Å². The van der Waals surface area contributed by atoms with E-state index in [1.54, 1.807) is 6.07 Å². The summed E-state index contributed by atoms with van der Waals surface area (Å²) in [5, 5.41) is 11.6. The zero-order valence-corrected chi connectivity index (χ0v) is 12.2. The fraction of sp³-hybridized carbons (Fsp3) is 0.467. The summed E-state index contributed by atoms with van der Waals surface area (Å²) in [5.74, 6) is -1.95. The van der Waals surface area contributed by atoms with Crippen molar-refractivity contribution >= 4 is 11.9 Å². The van der Waals surface area contributed by atoms with Gasteiger partial charge in [0, 0.05) is 0 Å². The van der Waals surface area contributed by atoms with Gasteiger partial charge in [0.25, 0.3) is 0 Å². The van der Waals surface area contributed by atoms with Gasteiger partial charge in [0.05, 0.1) is 13.0 Å². The maximum absolute atomic E-state index is 13.3. The molecule has 116 valence electrons. The lowest BCUT2D eigenvalue weighted by atomic mass is 9.96. The fourth-order valence-corrected chi connectivity index (χ4v) is 1.91. The summed E-state index contributed by atoms with van der Waals surface area (Å²) >= 11 is 0. The van der Waals surface area contributed by atoms with Crippen molar-refractivity contribution in [2.75, 3.05) is 6.61 Å². The quantitative estimate of drug-likeness (QED) is 0.772. The van der Waals surface area contributed by atoms with E-state index in [9.17, 15) is 14.0 Å². The zero-order valence-electron chi connectivity index (χ0n) is 12.2. The van der Waals surface area contributed by atoms with Gasteiger partial charge in [0.15, 0.2) is 11.6 Å². The molecular weight excluding hydrogens is 277 g/mol. The minimum absolute atomic E-state index is 0.0193. The van der Waals surface area contributed by atoms with E-state index in [2.05, 4.69) is 5.32 Å². The second-order valence-electron chi connectivity index (χ2n) is 4.96. The molecule has 0 fully saturated rings. The number of ether oxygens (including phenoxy) is 1. The molecule has 0 aliphatic carbocycles. The first-order chi connectivity index (χ1) is 9.89. The second kappa shape index (κ2) is 7.61. The Morgan fingerprint density at radius 2 is 2.05 bits per heavy atom. The highest BCUT2D eigenvalue weighted by molar-refractivity contribution is 5.86. The van der Waals surface area contributed by atoms with Gasteiger partial charge in [-0.2, -0.15) is 0 Å². The molecule has 1 unspecified atom stereocenters. The molecule has 21 heavy (non-hydrogen) atoms. The Balaban J connectivity index is 2.47. The van der Waals surface area contributed by atoms with Gasteiger partial charge in [-0.3, -0.25) is 4.79 Å². The molecule has 0 aliphatic heterocycles. The number of carboxylic acid groups (broad SMARTS) is 1. The molecule has 2 N–H and O–H groups in total. The largest absolute Gasteiger partial charge is 0.490 e. The van der Waals surface area contributed by atoms with Gasteiger partial charge in [-0.15, -0.1) is 0 Å². The van der Waals surface area contributed by atoms with Crippen molar-refractivity contribution in [2.24, 2.45) is 0 Å². The highest BCUT2D eigenvalue weighted by Crippen LogP contribution is 2.16. The number of amides is 1. The molecule has 1 rings (SSSR count). The Hall–Kier alpha value is -2.11. The number of hydrogen-bond donors (Lipinski definition) is 2. The SMILES string of the molecule is CCCC(C)(NC(=O)CCOc1ccccc1F)C(=O)O. The summed E-state index contributed by atoms with van der Waals surface area (Å²) in [4.78, 5) is 23.0. The summed E-state index contributed by atoms with van der Waals surface area (Å²) in [6.45, 7) is 3.29. The molecule has 0 heterocycles. The van der Waals surface area contributed by atoms with E-state index in [1.807, 2.05) is 6.92 Å². The molecule has 0 aliphatic rings. The van der Waals surface area contributed by atoms with Crippen molar-refractivity contribution in [3.05, 3.63) is 30.1 Å². The fourth-order valence-electron chi connectivity index (χ4n) is 1.91. The van der Waals surface area contributed by atoms with Crippen LogP contribution in [0, 0.1) is 5.82 Å². The van der Waals surface area contributed by atoms with Crippen LogP contribution >= 0.6 is 0 Å². The number of halogens is 1. The molecule has 0 spiro atoms. The molecule has 0 saturated heterocycles. The number of carboxylic acids is 1. The first-order valence-electron chi connectivity index (χ1n) is 6.81. The summed E-state index contributed by atoms with van der Waals surface area (Å²) in [5.41, 5.74) is -1.29. The van der Waals surface area contributed by atoms with E-state index in [4.69, 9.17) is 9.84 Å². The molecule has 5 nitrogen and oxygen atoms in total. The predicted octanol–water partition coefficient (Wildman–Crippen LogP) is 2.35. The van der Waals surface area contributed by atoms with Gasteiger partial charge in [0.2, 0.25) is 5.91 Å². The van der Waals surface area contributed by atoms with E-state index in [0.717, 1.165) is 0 Å². The first kappa shape index (κ1) is 16.9. The second-order valence-corrected chi connectivity index (χ2v) is 4.96. The number of rotatable bonds is 8. The van der Waals surface area contributed by atoms with Gasteiger partial charge < -0.3 is 15.2 Å². The van der Waals surface area contributed by atoms with Gasteiger partial charge >= 0.3 is 5.97 Å². The van der Waals surface area contributed by atoms with E-state index < -0.39 is 23.2 Å². The zero-order chi connectivity index (χ0) is 15.9. The summed E-state index contributed by atoms with van der Waals surface area (Å²) in [6, 6.07) is 5.89. The Morgan fingerprint density at radius 3 is 2.62 bits per heavy atom. The van der Waals surface area contributed by atoms with Crippen molar-refractivity contribution in [3.8, 4) is 5.75 Å². The Bertz CT molecular complexity index is 506. The van der Waals surface area contributed by atoms with Crippen LogP contribution in [0.2, 0.25) is 0 Å². The van der Waals surface area contributed by atoms with Gasteiger partial charge in [-0.05, 0) is 25.5 Å². The molecule has 0 saturated carbocycles. The highest BCUT2D eigenvalue weighted by Gasteiger charge is 2.33. The monoisotopic (exact) mass is 297 g/mol. The van der Waals surface area contributed by atoms with Crippen molar-refractivity contribution in [1.29, 1.82) is 0 Å². The van der Waals surface area contributed by atoms with Crippen LogP contribution < -0.4 is 10.1 Å². The minimum atomic E-state index is -1.29. The summed E-state index contributed by atoms with van der Waals surface area (Å²) < 4.78 is 18.4. The van der Waals surface area contributed by atoms with Crippen LogP contribution in [0.1, 0.15) is 33.1 Å². The smallest absolute Gasteiger partial charge is 0.329 e. The normalized spacial score (nSPS) is 13.3. The number of para-hydroxylation sites is 1. The molecule has 1 amide bonds. The van der Waals surface area contributed by atoms with Crippen molar-refractivity contribution in [2.45, 2.75) is 38.6 Å². The molecular formula is C15H20FNO4. The van der Waals surface area contributed by atoms with Crippen molar-refractivity contribution < 1.29 is 23.8 Å². The van der Waals surface area contributed by atoms with Crippen LogP contribution in [0.25, 0.3) is 0 Å². The number of aliphatic carboxylic acids is 1. The average Bonchev–Trinajstić information content (AvgIpc) is 2.41. The lowest BCUT2D eigenvalue weighted by Gasteiger charge is -2.25. The maximum Gasteiger partial charge on any atom is 0.329 e. The van der Waals surface area contributed by atoms with E-state index in [0.29, 0.717) is 12.8 Å². The Kier molecular flexibility index (Phi) is 6.14. The lowest BCUT2D eigenvalue weighted by molar-refractivity contribution is -0.147. The first-order valence-corrected chi connectivity index (χ1v) is 6.81. The molecule has 1 aromatic carbocycles. The lowest BCUT2D eigenvalue weighted by Crippen LogP contribution is -2.52. The number of carbonyl (C=O) groups excluding carboxylic acids is 1. The van der Waals surface area contributed by atoms with Crippen LogP contribution in [-0.2, 0) is 9.59 Å². The number of benzene rings is 1. The highest BCUT2D eigenvalue weighted by atomic mass is 19.1. The Labute approximate surface area is 123 Å². The third kappa shape index (κ3) is 5.06. The Morgan fingerprint density at radius 1 is 1.38 bits per heavy atom. The predicted molar refractivity (Wildman–Crippen MR) is 75.6 cm³/mol. The minimum Gasteiger partial charge on any atom is -0.490 e. The van der Waals surface area contributed by atoms with Crippen LogP contribution in [0.15, 0.2) is 24.3 Å². The van der Waals surface area contributed by atoms with Gasteiger partial charge in [-0.1, -0.05) is 25.5 Å². The standard InChI is InChI=1S/C15H20FNO4/c1-3-9-15(2,14(19)20)17-13(18)8-10-21-12-7-5-4-6-11(12)16/h4-7H,3,8-10H2,1-2H3,(H,17,18)(H,19,20). The number of nitrogens with one attached hydrogen (secondary N) is 1. The van der Waals surface area contributed by atoms with E-state index in [-0.39, 0.29) is 18.8 Å². The molecule has 1 aromatic rings. The number of hydrogen-bond acceptors (Lipinski definition) is 3. The van der Waals surface area contributed by atoms with Crippen LogP contribution in [0.3, 0.4) is 0 Å². The van der Waals surface area contributed by atoms with Crippen LogP contribution in [0.4, 0.5) is 4.39 Å². The molecule has 0 radical (unpaired) electrons. The molecule has 6 heteroatoms. The third-order valence-corrected chi connectivity index (χ3v) is 3.06. The number of carbonyl (C=O) groups is 2. The molecule has 0 bridgehead atoms. The maximum atomic E-state index is 13.3. The molecule has 0 aromatic heterocycles. The van der Waals surface area contributed by atoms with Crippen LogP contribution in [0.5, 0.6) is 5.75 Å². The van der Waals surface area contributed by atoms with Gasteiger partial charge in [-0.25, -0.2) is 9.18 Å². The van der Waals surface area contributed by atoms with Crippen molar-refractivity contribution in [1.82, 2.24) is 5.32 Å². The van der Waals surface area contributed by atoms with E-state index >= 15 is 0 Å². The average molecular weight is 297 g/mol. The summed E-state index contributed by atoms with van der Waals surface area (Å²) in [6.07, 6.45) is 0.929. The van der Waals surface area contributed by atoms with Gasteiger partial charge in [0.1, 0.15) is 5.54 Å². The van der Waals surface area contributed by atoms with E-state index in [1.165, 1.54) is 25.1 Å². The molecule has 1 atom stereocenters. The third-order valence-electron chi connectivity index (χ3n) is 3.06. The summed E-state index contributed by atoms with van der Waals surface area (Å²) in [7, 11) is 0. The topological polar surface area (TPSA) is 75.6 Å². The van der Waals surface area contributed by atoms with Crippen molar-refractivity contribution in [3.63, 3.8) is 0 Å².